The molecule has 0 aliphatic rings. The molecule has 0 bridgehead atoms. The van der Waals surface area contributed by atoms with Crippen LogP contribution in [-0.2, 0) is 0 Å². The molecule has 4 nitrogen and oxygen atoms in total. The second-order valence-corrected chi connectivity index (χ2v) is 5.53. The van der Waals surface area contributed by atoms with E-state index in [4.69, 9.17) is 4.42 Å². The first-order chi connectivity index (χ1) is 12.2. The molecule has 0 spiro atoms. The van der Waals surface area contributed by atoms with Crippen molar-refractivity contribution in [3.63, 3.8) is 0 Å². The topological polar surface area (TPSA) is 55.1 Å². The van der Waals surface area contributed by atoms with Crippen LogP contribution in [0, 0.1) is 5.82 Å². The molecule has 4 rings (SSSR count). The molecule has 0 aliphatic heterocycles. The molecule has 25 heavy (non-hydrogen) atoms. The minimum absolute atomic E-state index is 0.257. The van der Waals surface area contributed by atoms with Crippen LogP contribution in [-0.4, -0.2) is 10.9 Å². The average molecular weight is 332 g/mol. The van der Waals surface area contributed by atoms with Crippen molar-refractivity contribution in [2.75, 3.05) is 5.32 Å². The van der Waals surface area contributed by atoms with E-state index in [2.05, 4.69) is 10.3 Å². The van der Waals surface area contributed by atoms with Crippen LogP contribution in [0.15, 0.2) is 77.5 Å². The molecule has 0 aliphatic carbocycles. The summed E-state index contributed by atoms with van der Waals surface area (Å²) < 4.78 is 18.3. The molecule has 0 saturated heterocycles. The van der Waals surface area contributed by atoms with Crippen LogP contribution in [0.3, 0.4) is 0 Å². The fourth-order valence-corrected chi connectivity index (χ4v) is 2.64. The summed E-state index contributed by atoms with van der Waals surface area (Å²) in [4.78, 5) is 16.7. The summed E-state index contributed by atoms with van der Waals surface area (Å²) in [5.74, 6) is -0.601. The molecule has 2 aromatic heterocycles. The molecular formula is C20H13FN2O2. The predicted molar refractivity (Wildman–Crippen MR) is 93.8 cm³/mol. The van der Waals surface area contributed by atoms with Crippen LogP contribution in [0.2, 0.25) is 0 Å². The largest absolute Gasteiger partial charge is 0.464 e. The second-order valence-electron chi connectivity index (χ2n) is 5.53. The number of benzene rings is 2. The zero-order valence-corrected chi connectivity index (χ0v) is 13.1. The monoisotopic (exact) mass is 332 g/mol. The molecule has 0 unspecified atom stereocenters. The van der Waals surface area contributed by atoms with Crippen LogP contribution in [0.25, 0.3) is 22.2 Å². The first-order valence-corrected chi connectivity index (χ1v) is 7.70. The van der Waals surface area contributed by atoms with Gasteiger partial charge >= 0.3 is 0 Å². The third-order valence-corrected chi connectivity index (χ3v) is 3.90. The number of aromatic nitrogens is 1. The fourth-order valence-electron chi connectivity index (χ4n) is 2.64. The Bertz CT molecular complexity index is 1040. The maximum absolute atomic E-state index is 12.9. The number of furan rings is 1. The molecule has 2 aromatic carbocycles. The predicted octanol–water partition coefficient (Wildman–Crippen LogP) is 4.89. The highest BCUT2D eigenvalue weighted by Gasteiger charge is 2.10. The number of anilines is 1. The molecular weight excluding hydrogens is 319 g/mol. The van der Waals surface area contributed by atoms with Gasteiger partial charge in [-0.25, -0.2) is 4.39 Å². The number of fused-ring (bicyclic) bond motifs is 1. The molecule has 4 aromatic rings. The van der Waals surface area contributed by atoms with Gasteiger partial charge in [-0.2, -0.15) is 0 Å². The minimum Gasteiger partial charge on any atom is -0.464 e. The van der Waals surface area contributed by atoms with Crippen molar-refractivity contribution >= 4 is 22.6 Å². The van der Waals surface area contributed by atoms with E-state index < -0.39 is 0 Å². The number of rotatable bonds is 3. The standard InChI is InChI=1S/C20H13FN2O2/c21-15-5-7-16(8-6-15)23-20(24)14-3-1-13(2-4-14)19-17-10-12-25-18(17)9-11-22-19/h1-12H,(H,23,24). The number of halogens is 1. The highest BCUT2D eigenvalue weighted by atomic mass is 19.1. The van der Waals surface area contributed by atoms with Crippen LogP contribution < -0.4 is 5.32 Å². The van der Waals surface area contributed by atoms with E-state index in [9.17, 15) is 9.18 Å². The normalized spacial score (nSPS) is 10.8. The van der Waals surface area contributed by atoms with Gasteiger partial charge in [0.2, 0.25) is 0 Å². The van der Waals surface area contributed by atoms with E-state index in [1.807, 2.05) is 24.3 Å². The molecule has 1 amide bonds. The number of nitrogens with one attached hydrogen (secondary N) is 1. The molecule has 0 radical (unpaired) electrons. The summed E-state index contributed by atoms with van der Waals surface area (Å²) in [6.45, 7) is 0. The molecule has 0 atom stereocenters. The smallest absolute Gasteiger partial charge is 0.255 e. The Balaban J connectivity index is 1.58. The van der Waals surface area contributed by atoms with Gasteiger partial charge in [-0.05, 0) is 48.5 Å². The Hall–Kier alpha value is -3.47. The first-order valence-electron chi connectivity index (χ1n) is 7.70. The third-order valence-electron chi connectivity index (χ3n) is 3.90. The fraction of sp³-hybridized carbons (Fsp3) is 0. The zero-order chi connectivity index (χ0) is 17.2. The van der Waals surface area contributed by atoms with Crippen LogP contribution in [0.4, 0.5) is 10.1 Å². The number of amides is 1. The van der Waals surface area contributed by atoms with Crippen molar-refractivity contribution in [2.45, 2.75) is 0 Å². The summed E-state index contributed by atoms with van der Waals surface area (Å²) in [5.41, 5.74) is 3.51. The van der Waals surface area contributed by atoms with Gasteiger partial charge in [-0.15, -0.1) is 0 Å². The second kappa shape index (κ2) is 6.20. The van der Waals surface area contributed by atoms with Crippen molar-refractivity contribution in [3.8, 4) is 11.3 Å². The maximum atomic E-state index is 12.9. The highest BCUT2D eigenvalue weighted by Crippen LogP contribution is 2.27. The lowest BCUT2D eigenvalue weighted by Gasteiger charge is -2.07. The van der Waals surface area contributed by atoms with Gasteiger partial charge in [-0.1, -0.05) is 12.1 Å². The molecule has 5 heteroatoms. The zero-order valence-electron chi connectivity index (χ0n) is 13.1. The quantitative estimate of drug-likeness (QED) is 0.581. The van der Waals surface area contributed by atoms with Gasteiger partial charge in [0, 0.05) is 28.4 Å². The lowest BCUT2D eigenvalue weighted by atomic mass is 10.1. The summed E-state index contributed by atoms with van der Waals surface area (Å²) >= 11 is 0. The van der Waals surface area contributed by atoms with Gasteiger partial charge in [-0.3, -0.25) is 9.78 Å². The molecule has 2 heterocycles. The Kier molecular flexibility index (Phi) is 3.74. The van der Waals surface area contributed by atoms with E-state index in [1.54, 1.807) is 24.6 Å². The van der Waals surface area contributed by atoms with Crippen LogP contribution in [0.5, 0.6) is 0 Å². The Morgan fingerprint density at radius 2 is 1.72 bits per heavy atom. The maximum Gasteiger partial charge on any atom is 0.255 e. The van der Waals surface area contributed by atoms with Crippen LogP contribution >= 0.6 is 0 Å². The molecule has 1 N–H and O–H groups in total. The van der Waals surface area contributed by atoms with E-state index in [1.165, 1.54) is 24.3 Å². The summed E-state index contributed by atoms with van der Waals surface area (Å²) in [5, 5.41) is 3.66. The number of hydrogen-bond donors (Lipinski definition) is 1. The summed E-state index contributed by atoms with van der Waals surface area (Å²) in [7, 11) is 0. The van der Waals surface area contributed by atoms with Crippen molar-refractivity contribution in [3.05, 3.63) is 84.5 Å². The number of pyridine rings is 1. The number of hydrogen-bond acceptors (Lipinski definition) is 3. The van der Waals surface area contributed by atoms with E-state index in [-0.39, 0.29) is 11.7 Å². The van der Waals surface area contributed by atoms with Gasteiger partial charge in [0.1, 0.15) is 11.4 Å². The van der Waals surface area contributed by atoms with Gasteiger partial charge < -0.3 is 9.73 Å². The van der Waals surface area contributed by atoms with Gasteiger partial charge in [0.15, 0.2) is 0 Å². The third kappa shape index (κ3) is 2.99. The lowest BCUT2D eigenvalue weighted by Crippen LogP contribution is -2.11. The Morgan fingerprint density at radius 3 is 2.48 bits per heavy atom. The van der Waals surface area contributed by atoms with E-state index >= 15 is 0 Å². The number of nitrogens with zero attached hydrogens (tertiary/aromatic N) is 1. The lowest BCUT2D eigenvalue weighted by molar-refractivity contribution is 0.102. The number of carbonyl (C=O) groups is 1. The van der Waals surface area contributed by atoms with E-state index in [0.29, 0.717) is 11.3 Å². The SMILES string of the molecule is O=C(Nc1ccc(F)cc1)c1ccc(-c2nccc3occc23)cc1. The molecule has 0 saturated carbocycles. The van der Waals surface area contributed by atoms with Crippen molar-refractivity contribution in [2.24, 2.45) is 0 Å². The van der Waals surface area contributed by atoms with Crippen molar-refractivity contribution < 1.29 is 13.6 Å². The van der Waals surface area contributed by atoms with Crippen molar-refractivity contribution in [1.82, 2.24) is 4.98 Å². The average Bonchev–Trinajstić information content (AvgIpc) is 3.12. The Labute approximate surface area is 142 Å². The summed E-state index contributed by atoms with van der Waals surface area (Å²) in [6.07, 6.45) is 3.32. The van der Waals surface area contributed by atoms with Gasteiger partial charge in [0.25, 0.3) is 5.91 Å². The van der Waals surface area contributed by atoms with Crippen LogP contribution in [0.1, 0.15) is 10.4 Å². The number of carbonyl (C=O) groups excluding carboxylic acids is 1. The summed E-state index contributed by atoms with van der Waals surface area (Å²) in [6, 6.07) is 16.5. The van der Waals surface area contributed by atoms with Gasteiger partial charge in [0.05, 0.1) is 12.0 Å². The highest BCUT2D eigenvalue weighted by molar-refractivity contribution is 6.04. The first kappa shape index (κ1) is 15.1. The minimum atomic E-state index is -0.344. The molecule has 0 fully saturated rings. The van der Waals surface area contributed by atoms with E-state index in [0.717, 1.165) is 22.2 Å². The molecule has 122 valence electrons. The Morgan fingerprint density at radius 1 is 0.960 bits per heavy atom. The van der Waals surface area contributed by atoms with Crippen molar-refractivity contribution in [1.29, 1.82) is 0 Å².